The van der Waals surface area contributed by atoms with Crippen LogP contribution in [0.25, 0.3) is 0 Å². The lowest BCUT2D eigenvalue weighted by Crippen LogP contribution is -2.21. The molecule has 88 valence electrons. The van der Waals surface area contributed by atoms with E-state index in [1.165, 1.54) is 42.9 Å². The van der Waals surface area contributed by atoms with E-state index >= 15 is 0 Å². The highest BCUT2D eigenvalue weighted by atomic mass is 32.1. The molecule has 1 fully saturated rings. The standard InChI is InChI=1S/C13H20N2S/c1-8-6-10(8)7-14-9(2)13-15-11-4-3-5-12(11)16-13/h8-10,14H,3-7H2,1-2H3. The fourth-order valence-corrected chi connectivity index (χ4v) is 3.67. The smallest absolute Gasteiger partial charge is 0.110 e. The van der Waals surface area contributed by atoms with E-state index in [0.29, 0.717) is 6.04 Å². The van der Waals surface area contributed by atoms with Crippen LogP contribution in [0.5, 0.6) is 0 Å². The molecule has 1 saturated carbocycles. The molecule has 3 rings (SSSR count). The topological polar surface area (TPSA) is 24.9 Å². The Bertz CT molecular complexity index is 364. The summed E-state index contributed by atoms with van der Waals surface area (Å²) in [6, 6.07) is 0.448. The number of nitrogens with one attached hydrogen (secondary N) is 1. The third kappa shape index (κ3) is 2.03. The van der Waals surface area contributed by atoms with Crippen LogP contribution in [0.1, 0.15) is 48.3 Å². The molecule has 0 bridgehead atoms. The van der Waals surface area contributed by atoms with E-state index in [9.17, 15) is 0 Å². The molecule has 0 aromatic carbocycles. The number of hydrogen-bond acceptors (Lipinski definition) is 3. The first kappa shape index (κ1) is 10.7. The summed E-state index contributed by atoms with van der Waals surface area (Å²) in [4.78, 5) is 6.31. The number of thiazole rings is 1. The third-order valence-electron chi connectivity index (χ3n) is 3.95. The van der Waals surface area contributed by atoms with Crippen LogP contribution in [0.15, 0.2) is 0 Å². The fraction of sp³-hybridized carbons (Fsp3) is 0.769. The molecule has 0 radical (unpaired) electrons. The lowest BCUT2D eigenvalue weighted by atomic mass is 10.3. The van der Waals surface area contributed by atoms with Crippen LogP contribution in [-0.4, -0.2) is 11.5 Å². The van der Waals surface area contributed by atoms with Gasteiger partial charge in [-0.3, -0.25) is 0 Å². The van der Waals surface area contributed by atoms with Crippen LogP contribution in [-0.2, 0) is 12.8 Å². The summed E-state index contributed by atoms with van der Waals surface area (Å²) in [6.45, 7) is 5.77. The van der Waals surface area contributed by atoms with Crippen LogP contribution < -0.4 is 5.32 Å². The first-order valence-corrected chi connectivity index (χ1v) is 7.27. The first-order valence-electron chi connectivity index (χ1n) is 6.46. The Morgan fingerprint density at radius 2 is 2.31 bits per heavy atom. The summed E-state index contributed by atoms with van der Waals surface area (Å²) < 4.78 is 0. The number of rotatable bonds is 4. The van der Waals surface area contributed by atoms with Crippen molar-refractivity contribution in [2.24, 2.45) is 11.8 Å². The van der Waals surface area contributed by atoms with Gasteiger partial charge in [0.25, 0.3) is 0 Å². The number of hydrogen-bond donors (Lipinski definition) is 1. The third-order valence-corrected chi connectivity index (χ3v) is 5.29. The van der Waals surface area contributed by atoms with Gasteiger partial charge in [-0.2, -0.15) is 0 Å². The van der Waals surface area contributed by atoms with E-state index in [0.717, 1.165) is 11.8 Å². The summed E-state index contributed by atoms with van der Waals surface area (Å²) in [6.07, 6.45) is 5.20. The highest BCUT2D eigenvalue weighted by molar-refractivity contribution is 7.11. The van der Waals surface area contributed by atoms with Gasteiger partial charge in [0.2, 0.25) is 0 Å². The molecule has 1 aromatic rings. The van der Waals surface area contributed by atoms with Gasteiger partial charge >= 0.3 is 0 Å². The quantitative estimate of drug-likeness (QED) is 0.869. The zero-order valence-electron chi connectivity index (χ0n) is 10.1. The maximum absolute atomic E-state index is 4.76. The zero-order valence-corrected chi connectivity index (χ0v) is 10.9. The molecule has 2 aliphatic rings. The second-order valence-corrected chi connectivity index (χ2v) is 6.49. The highest BCUT2D eigenvalue weighted by Gasteiger charge is 2.32. The van der Waals surface area contributed by atoms with Crippen molar-refractivity contribution in [1.82, 2.24) is 10.3 Å². The fourth-order valence-electron chi connectivity index (χ4n) is 2.49. The van der Waals surface area contributed by atoms with E-state index < -0.39 is 0 Å². The maximum Gasteiger partial charge on any atom is 0.110 e. The predicted molar refractivity (Wildman–Crippen MR) is 67.8 cm³/mol. The normalized spacial score (nSPS) is 29.1. The summed E-state index contributed by atoms with van der Waals surface area (Å²) in [7, 11) is 0. The molecular weight excluding hydrogens is 216 g/mol. The van der Waals surface area contributed by atoms with Gasteiger partial charge < -0.3 is 5.32 Å². The monoisotopic (exact) mass is 236 g/mol. The number of aromatic nitrogens is 1. The Balaban J connectivity index is 1.58. The predicted octanol–water partition coefficient (Wildman–Crippen LogP) is 2.94. The van der Waals surface area contributed by atoms with Gasteiger partial charge in [-0.1, -0.05) is 6.92 Å². The second-order valence-electron chi connectivity index (χ2n) is 5.38. The molecule has 3 atom stereocenters. The minimum Gasteiger partial charge on any atom is -0.308 e. The van der Waals surface area contributed by atoms with E-state index in [1.54, 1.807) is 4.88 Å². The molecule has 0 saturated heterocycles. The molecule has 3 heteroatoms. The molecule has 16 heavy (non-hydrogen) atoms. The van der Waals surface area contributed by atoms with E-state index in [4.69, 9.17) is 4.98 Å². The van der Waals surface area contributed by atoms with Crippen molar-refractivity contribution in [2.75, 3.05) is 6.54 Å². The van der Waals surface area contributed by atoms with Crippen LogP contribution >= 0.6 is 11.3 Å². The van der Waals surface area contributed by atoms with Crippen molar-refractivity contribution in [1.29, 1.82) is 0 Å². The Morgan fingerprint density at radius 3 is 3.00 bits per heavy atom. The van der Waals surface area contributed by atoms with Gasteiger partial charge in [0, 0.05) is 4.88 Å². The molecule has 1 aromatic heterocycles. The number of aryl methyl sites for hydroxylation is 2. The molecule has 2 nitrogen and oxygen atoms in total. The minimum atomic E-state index is 0.448. The van der Waals surface area contributed by atoms with E-state index in [-0.39, 0.29) is 0 Å². The van der Waals surface area contributed by atoms with Gasteiger partial charge in [-0.15, -0.1) is 11.3 Å². The molecule has 1 heterocycles. The van der Waals surface area contributed by atoms with Crippen molar-refractivity contribution in [3.05, 3.63) is 15.6 Å². The molecule has 3 unspecified atom stereocenters. The van der Waals surface area contributed by atoms with Crippen molar-refractivity contribution < 1.29 is 0 Å². The van der Waals surface area contributed by atoms with Gasteiger partial charge in [-0.05, 0) is 51.0 Å². The van der Waals surface area contributed by atoms with Gasteiger partial charge in [0.05, 0.1) is 11.7 Å². The summed E-state index contributed by atoms with van der Waals surface area (Å²) in [5.41, 5.74) is 1.38. The maximum atomic E-state index is 4.76. The molecule has 0 aliphatic heterocycles. The van der Waals surface area contributed by atoms with Crippen LogP contribution in [0.4, 0.5) is 0 Å². The lowest BCUT2D eigenvalue weighted by Gasteiger charge is -2.10. The Morgan fingerprint density at radius 1 is 1.50 bits per heavy atom. The van der Waals surface area contributed by atoms with Gasteiger partial charge in [0.15, 0.2) is 0 Å². The first-order chi connectivity index (χ1) is 7.74. The molecule has 2 aliphatic carbocycles. The second kappa shape index (κ2) is 4.11. The molecule has 1 N–H and O–H groups in total. The number of fused-ring (bicyclic) bond motifs is 1. The van der Waals surface area contributed by atoms with Crippen molar-refractivity contribution in [2.45, 2.75) is 45.6 Å². The largest absolute Gasteiger partial charge is 0.308 e. The summed E-state index contributed by atoms with van der Waals surface area (Å²) >= 11 is 1.93. The van der Waals surface area contributed by atoms with Crippen molar-refractivity contribution >= 4 is 11.3 Å². The highest BCUT2D eigenvalue weighted by Crippen LogP contribution is 2.37. The number of nitrogens with zero attached hydrogens (tertiary/aromatic N) is 1. The van der Waals surface area contributed by atoms with Crippen LogP contribution in [0, 0.1) is 11.8 Å². The molecule has 0 spiro atoms. The lowest BCUT2D eigenvalue weighted by molar-refractivity contribution is 0.532. The van der Waals surface area contributed by atoms with E-state index in [2.05, 4.69) is 19.2 Å². The minimum absolute atomic E-state index is 0.448. The van der Waals surface area contributed by atoms with Crippen molar-refractivity contribution in [3.8, 4) is 0 Å². The Kier molecular flexibility index (Phi) is 2.76. The van der Waals surface area contributed by atoms with Gasteiger partial charge in [0.1, 0.15) is 5.01 Å². The van der Waals surface area contributed by atoms with Crippen LogP contribution in [0.3, 0.4) is 0 Å². The average molecular weight is 236 g/mol. The Labute approximate surface area is 101 Å². The SMILES string of the molecule is CC(NCC1CC1C)c1nc2c(s1)CCC2. The van der Waals surface area contributed by atoms with E-state index in [1.807, 2.05) is 11.3 Å². The Hall–Kier alpha value is -0.410. The van der Waals surface area contributed by atoms with Crippen molar-refractivity contribution in [3.63, 3.8) is 0 Å². The summed E-state index contributed by atoms with van der Waals surface area (Å²) in [5.74, 6) is 1.87. The molecular formula is C13H20N2S. The zero-order chi connectivity index (χ0) is 11.1. The van der Waals surface area contributed by atoms with Crippen LogP contribution in [0.2, 0.25) is 0 Å². The molecule has 0 amide bonds. The summed E-state index contributed by atoms with van der Waals surface area (Å²) in [5, 5.41) is 4.93. The van der Waals surface area contributed by atoms with Gasteiger partial charge in [-0.25, -0.2) is 4.98 Å². The average Bonchev–Trinajstić information content (AvgIpc) is 2.65.